The number of nitrogens with zero attached hydrogens (tertiary/aromatic N) is 6. The first-order chi connectivity index (χ1) is 14.0. The molecule has 1 aliphatic heterocycles. The van der Waals surface area contributed by atoms with Crippen LogP contribution in [0.4, 0.5) is 10.3 Å². The minimum absolute atomic E-state index is 0.0304. The van der Waals surface area contributed by atoms with Crippen LogP contribution in [0.5, 0.6) is 0 Å². The maximum atomic E-state index is 14.5. The van der Waals surface area contributed by atoms with Crippen LogP contribution in [-0.2, 0) is 27.2 Å². The monoisotopic (exact) mass is 432 g/mol. The van der Waals surface area contributed by atoms with Gasteiger partial charge in [-0.25, -0.2) is 14.2 Å². The summed E-state index contributed by atoms with van der Waals surface area (Å²) in [6.45, 7) is 6.40. The molecule has 1 aliphatic rings. The fourth-order valence-electron chi connectivity index (χ4n) is 3.48. The summed E-state index contributed by atoms with van der Waals surface area (Å²) in [6, 6.07) is 4.48. The number of halogens is 2. The van der Waals surface area contributed by atoms with Crippen LogP contribution < -0.4 is 16.3 Å². The highest BCUT2D eigenvalue weighted by Gasteiger charge is 2.32. The topological polar surface area (TPSA) is 77.4 Å². The van der Waals surface area contributed by atoms with Crippen molar-refractivity contribution in [3.05, 3.63) is 55.4 Å². The number of imidazole rings is 1. The van der Waals surface area contributed by atoms with Crippen LogP contribution in [0.3, 0.4) is 0 Å². The van der Waals surface area contributed by atoms with E-state index in [1.165, 1.54) is 28.8 Å². The standard InChI is InChI=1S/C20H22ClFN6O2/c1-20(2,3)14-10-27-15-16(25(4)19(30)26(5)17(15)29)23-18(27)28(24-14)9-11-12(21)7-6-8-13(11)22/h6-8H,9-10H2,1-5H3. The van der Waals surface area contributed by atoms with E-state index in [-0.39, 0.29) is 28.2 Å². The average Bonchev–Trinajstić information content (AvgIpc) is 3.06. The second kappa shape index (κ2) is 6.80. The Kier molecular flexibility index (Phi) is 4.61. The summed E-state index contributed by atoms with van der Waals surface area (Å²) < 4.78 is 18.6. The van der Waals surface area contributed by atoms with Crippen molar-refractivity contribution < 1.29 is 4.39 Å². The molecule has 0 amide bonds. The maximum Gasteiger partial charge on any atom is 0.332 e. The third kappa shape index (κ3) is 3.04. The summed E-state index contributed by atoms with van der Waals surface area (Å²) in [6.07, 6.45) is 0. The van der Waals surface area contributed by atoms with Gasteiger partial charge in [-0.2, -0.15) is 10.1 Å². The first-order valence-electron chi connectivity index (χ1n) is 9.45. The van der Waals surface area contributed by atoms with Gasteiger partial charge in [0.1, 0.15) is 5.82 Å². The fraction of sp³-hybridized carbons (Fsp3) is 0.400. The van der Waals surface area contributed by atoms with Crippen LogP contribution in [0, 0.1) is 11.2 Å². The third-order valence-electron chi connectivity index (χ3n) is 5.34. The molecule has 0 saturated heterocycles. The molecule has 3 heterocycles. The van der Waals surface area contributed by atoms with E-state index in [4.69, 9.17) is 16.7 Å². The van der Waals surface area contributed by atoms with Gasteiger partial charge >= 0.3 is 5.69 Å². The van der Waals surface area contributed by atoms with Gasteiger partial charge in [-0.05, 0) is 12.1 Å². The van der Waals surface area contributed by atoms with E-state index >= 15 is 0 Å². The highest BCUT2D eigenvalue weighted by Crippen LogP contribution is 2.31. The molecule has 0 aliphatic carbocycles. The minimum atomic E-state index is -0.469. The molecule has 3 aromatic rings. The zero-order valence-corrected chi connectivity index (χ0v) is 18.2. The number of anilines is 1. The van der Waals surface area contributed by atoms with E-state index in [1.807, 2.05) is 20.8 Å². The maximum absolute atomic E-state index is 14.5. The largest absolute Gasteiger partial charge is 0.332 e. The highest BCUT2D eigenvalue weighted by atomic mass is 35.5. The highest BCUT2D eigenvalue weighted by molar-refractivity contribution is 6.31. The Balaban J connectivity index is 1.99. The van der Waals surface area contributed by atoms with Gasteiger partial charge < -0.3 is 0 Å². The Morgan fingerprint density at radius 2 is 1.87 bits per heavy atom. The molecule has 0 bridgehead atoms. The summed E-state index contributed by atoms with van der Waals surface area (Å²) in [5.74, 6) is -0.0952. The van der Waals surface area contributed by atoms with Crippen LogP contribution in [0.1, 0.15) is 26.3 Å². The Bertz CT molecular complexity index is 1310. The molecule has 0 radical (unpaired) electrons. The number of aromatic nitrogens is 4. The van der Waals surface area contributed by atoms with Crippen molar-refractivity contribution >= 4 is 34.4 Å². The van der Waals surface area contributed by atoms with Crippen LogP contribution >= 0.6 is 11.6 Å². The van der Waals surface area contributed by atoms with Crippen molar-refractivity contribution in [3.8, 4) is 0 Å². The lowest BCUT2D eigenvalue weighted by atomic mass is 9.89. The second-order valence-electron chi connectivity index (χ2n) is 8.43. The van der Waals surface area contributed by atoms with Crippen molar-refractivity contribution in [2.75, 3.05) is 5.01 Å². The van der Waals surface area contributed by atoms with Crippen molar-refractivity contribution in [1.82, 2.24) is 18.7 Å². The van der Waals surface area contributed by atoms with E-state index in [0.29, 0.717) is 18.0 Å². The molecule has 1 aromatic carbocycles. The van der Waals surface area contributed by atoms with Crippen molar-refractivity contribution in [2.45, 2.75) is 33.9 Å². The van der Waals surface area contributed by atoms with E-state index in [1.54, 1.807) is 17.7 Å². The first kappa shape index (κ1) is 20.3. The predicted molar refractivity (Wildman–Crippen MR) is 115 cm³/mol. The number of hydrogen-bond donors (Lipinski definition) is 0. The molecule has 0 fully saturated rings. The van der Waals surface area contributed by atoms with E-state index < -0.39 is 17.1 Å². The molecule has 0 N–H and O–H groups in total. The molecule has 0 unspecified atom stereocenters. The van der Waals surface area contributed by atoms with E-state index in [2.05, 4.69) is 4.98 Å². The van der Waals surface area contributed by atoms with Crippen LogP contribution in [0.2, 0.25) is 5.02 Å². The lowest BCUT2D eigenvalue weighted by Gasteiger charge is -2.31. The van der Waals surface area contributed by atoms with Gasteiger partial charge in [0.15, 0.2) is 11.2 Å². The number of fused-ring (bicyclic) bond motifs is 3. The Morgan fingerprint density at radius 3 is 2.50 bits per heavy atom. The molecule has 4 rings (SSSR count). The quantitative estimate of drug-likeness (QED) is 0.623. The minimum Gasteiger partial charge on any atom is -0.297 e. The Hall–Kier alpha value is -2.94. The van der Waals surface area contributed by atoms with Gasteiger partial charge in [-0.1, -0.05) is 38.4 Å². The van der Waals surface area contributed by atoms with Gasteiger partial charge in [0.2, 0.25) is 5.95 Å². The molecule has 8 nitrogen and oxygen atoms in total. The zero-order valence-electron chi connectivity index (χ0n) is 17.4. The summed E-state index contributed by atoms with van der Waals surface area (Å²) >= 11 is 6.23. The van der Waals surface area contributed by atoms with Crippen LogP contribution in [0.25, 0.3) is 11.2 Å². The first-order valence-corrected chi connectivity index (χ1v) is 9.83. The van der Waals surface area contributed by atoms with E-state index in [0.717, 1.165) is 10.3 Å². The predicted octanol–water partition coefficient (Wildman–Crippen LogP) is 2.65. The fourth-order valence-corrected chi connectivity index (χ4v) is 3.70. The summed E-state index contributed by atoms with van der Waals surface area (Å²) in [4.78, 5) is 29.8. The SMILES string of the molecule is Cn1c(=O)c2c(nc3n2CC(C(C)(C)C)=NN3Cc2c(F)cccc2Cl)n(C)c1=O. The van der Waals surface area contributed by atoms with Gasteiger partial charge in [0.05, 0.1) is 18.8 Å². The molecule has 30 heavy (non-hydrogen) atoms. The number of rotatable bonds is 2. The lowest BCUT2D eigenvalue weighted by molar-refractivity contribution is 0.545. The molecule has 0 atom stereocenters. The summed E-state index contributed by atoms with van der Waals surface area (Å²) in [5.41, 5.74) is 0.409. The lowest BCUT2D eigenvalue weighted by Crippen LogP contribution is -2.39. The normalized spacial score (nSPS) is 14.2. The molecule has 2 aromatic heterocycles. The van der Waals surface area contributed by atoms with Crippen molar-refractivity contribution in [1.29, 1.82) is 0 Å². The van der Waals surface area contributed by atoms with Crippen molar-refractivity contribution in [3.63, 3.8) is 0 Å². The van der Waals surface area contributed by atoms with Gasteiger partial charge in [-0.15, -0.1) is 0 Å². The van der Waals surface area contributed by atoms with Crippen LogP contribution in [-0.4, -0.2) is 24.4 Å². The number of aryl methyl sites for hydroxylation is 1. The third-order valence-corrected chi connectivity index (χ3v) is 5.70. The Labute approximate surface area is 176 Å². The number of hydrazone groups is 1. The van der Waals surface area contributed by atoms with Gasteiger partial charge in [0.25, 0.3) is 5.56 Å². The smallest absolute Gasteiger partial charge is 0.297 e. The van der Waals surface area contributed by atoms with Gasteiger partial charge in [-0.3, -0.25) is 18.5 Å². The molecular weight excluding hydrogens is 411 g/mol. The second-order valence-corrected chi connectivity index (χ2v) is 8.84. The molecular formula is C20H22ClFN6O2. The Morgan fingerprint density at radius 1 is 1.17 bits per heavy atom. The molecule has 158 valence electrons. The van der Waals surface area contributed by atoms with Crippen molar-refractivity contribution in [2.24, 2.45) is 24.6 Å². The number of benzene rings is 1. The number of hydrogen-bond acceptors (Lipinski definition) is 5. The zero-order chi connectivity index (χ0) is 22.0. The van der Waals surface area contributed by atoms with Crippen LogP contribution in [0.15, 0.2) is 32.9 Å². The van der Waals surface area contributed by atoms with Gasteiger partial charge in [0, 0.05) is 30.1 Å². The molecule has 10 heteroatoms. The van der Waals surface area contributed by atoms with E-state index in [9.17, 15) is 14.0 Å². The molecule has 0 spiro atoms. The summed E-state index contributed by atoms with van der Waals surface area (Å²) in [5, 5.41) is 6.53. The summed E-state index contributed by atoms with van der Waals surface area (Å²) in [7, 11) is 3.00. The molecule has 0 saturated carbocycles. The average molecular weight is 433 g/mol.